The zero-order valence-corrected chi connectivity index (χ0v) is 22.2. The van der Waals surface area contributed by atoms with Gasteiger partial charge in [0.1, 0.15) is 18.3 Å². The van der Waals surface area contributed by atoms with E-state index < -0.39 is 31.5 Å². The van der Waals surface area contributed by atoms with Gasteiger partial charge in [-0.3, -0.25) is 4.57 Å². The molecule has 1 heterocycles. The second-order valence-electron chi connectivity index (χ2n) is 9.08. The lowest BCUT2D eigenvalue weighted by molar-refractivity contribution is -0.167. The average Bonchev–Trinajstić information content (AvgIpc) is 2.78. The Bertz CT molecular complexity index is 489. The van der Waals surface area contributed by atoms with Crippen LogP contribution in [-0.4, -0.2) is 61.9 Å². The summed E-state index contributed by atoms with van der Waals surface area (Å²) in [4.78, 5) is 0. The molecule has 32 heavy (non-hydrogen) atoms. The van der Waals surface area contributed by atoms with Gasteiger partial charge in [0.15, 0.2) is 5.85 Å². The van der Waals surface area contributed by atoms with Crippen LogP contribution in [0.4, 0.5) is 0 Å². The number of ether oxygens (including phenoxy) is 3. The van der Waals surface area contributed by atoms with Crippen molar-refractivity contribution in [1.29, 1.82) is 0 Å². The highest BCUT2D eigenvalue weighted by Crippen LogP contribution is 2.58. The van der Waals surface area contributed by atoms with Crippen molar-refractivity contribution in [2.24, 2.45) is 0 Å². The van der Waals surface area contributed by atoms with E-state index in [9.17, 15) is 9.67 Å². The van der Waals surface area contributed by atoms with Crippen molar-refractivity contribution < 1.29 is 28.4 Å². The van der Waals surface area contributed by atoms with Crippen molar-refractivity contribution >= 4 is 7.37 Å². The molecule has 1 saturated heterocycles. The molecule has 1 fully saturated rings. The molecule has 1 aliphatic rings. The Morgan fingerprint density at radius 2 is 1.25 bits per heavy atom. The maximum absolute atomic E-state index is 13.8. The van der Waals surface area contributed by atoms with E-state index in [0.29, 0.717) is 32.6 Å². The summed E-state index contributed by atoms with van der Waals surface area (Å²) in [5.41, 5.74) is 0. The molecule has 1 rings (SSSR count). The highest BCUT2D eigenvalue weighted by atomic mass is 31.2. The summed E-state index contributed by atoms with van der Waals surface area (Å²) in [6.07, 6.45) is 11.2. The summed E-state index contributed by atoms with van der Waals surface area (Å²) in [5.74, 6) is -1.14. The van der Waals surface area contributed by atoms with Gasteiger partial charge in [-0.05, 0) is 25.7 Å². The van der Waals surface area contributed by atoms with E-state index >= 15 is 0 Å². The minimum Gasteiger partial charge on any atom is -0.380 e. The predicted molar refractivity (Wildman–Crippen MR) is 132 cm³/mol. The molecule has 1 aliphatic heterocycles. The van der Waals surface area contributed by atoms with E-state index in [1.54, 1.807) is 0 Å². The third kappa shape index (κ3) is 11.0. The molecule has 0 amide bonds. The van der Waals surface area contributed by atoms with Gasteiger partial charge in [-0.2, -0.15) is 0 Å². The lowest BCUT2D eigenvalue weighted by Gasteiger charge is -2.44. The predicted octanol–water partition coefficient (Wildman–Crippen LogP) is 6.53. The molecule has 0 aromatic carbocycles. The lowest BCUT2D eigenvalue weighted by atomic mass is 10.1. The molecule has 0 radical (unpaired) electrons. The van der Waals surface area contributed by atoms with Gasteiger partial charge in [0.25, 0.3) is 0 Å². The van der Waals surface area contributed by atoms with Crippen molar-refractivity contribution in [2.75, 3.05) is 32.6 Å². The summed E-state index contributed by atoms with van der Waals surface area (Å²) >= 11 is 0. The Morgan fingerprint density at radius 1 is 0.719 bits per heavy atom. The normalized spacial score (nSPS) is 28.3. The molecule has 0 saturated carbocycles. The van der Waals surface area contributed by atoms with Gasteiger partial charge in [-0.1, -0.05) is 79.1 Å². The van der Waals surface area contributed by atoms with E-state index in [1.165, 1.54) is 19.3 Å². The molecular formula is C25H51O6P. The van der Waals surface area contributed by atoms with Gasteiger partial charge >= 0.3 is 0 Å². The standard InChI is InChI=1S/C25H51O6P/c1-5-9-13-14-15-16-20-32(27)25(26)24(30-19-12-8-4)23(29-18-11-7-3)22(31-32)21-28-17-10-6-2/h22-26H,5-21H2,1-4H3/t22-,23-,24+,25?,32?/m1/s1. The fourth-order valence-electron chi connectivity index (χ4n) is 3.94. The number of rotatable bonds is 20. The van der Waals surface area contributed by atoms with Gasteiger partial charge in [0, 0.05) is 26.0 Å². The van der Waals surface area contributed by atoms with Crippen molar-refractivity contribution in [3.63, 3.8) is 0 Å². The molecule has 6 nitrogen and oxygen atoms in total. The summed E-state index contributed by atoms with van der Waals surface area (Å²) in [6.45, 7) is 10.6. The van der Waals surface area contributed by atoms with Crippen LogP contribution < -0.4 is 0 Å². The molecule has 5 atom stereocenters. The number of hydrogen-bond donors (Lipinski definition) is 1. The Hall–Kier alpha value is 0.0300. The third-order valence-electron chi connectivity index (χ3n) is 6.07. The summed E-state index contributed by atoms with van der Waals surface area (Å²) in [7, 11) is -3.28. The molecule has 7 heteroatoms. The van der Waals surface area contributed by atoms with Gasteiger partial charge in [0.05, 0.1) is 6.61 Å². The maximum Gasteiger partial charge on any atom is 0.233 e. The average molecular weight is 479 g/mol. The molecular weight excluding hydrogens is 427 g/mol. The van der Waals surface area contributed by atoms with Gasteiger partial charge in [-0.25, -0.2) is 0 Å². The van der Waals surface area contributed by atoms with E-state index in [1.807, 2.05) is 0 Å². The van der Waals surface area contributed by atoms with Crippen molar-refractivity contribution in [2.45, 2.75) is 129 Å². The molecule has 0 aromatic heterocycles. The second-order valence-corrected chi connectivity index (χ2v) is 11.7. The summed E-state index contributed by atoms with van der Waals surface area (Å²) in [6, 6.07) is 0. The zero-order valence-electron chi connectivity index (χ0n) is 21.3. The second kappa shape index (κ2) is 18.4. The maximum atomic E-state index is 13.8. The first-order valence-electron chi connectivity index (χ1n) is 13.3. The van der Waals surface area contributed by atoms with Gasteiger partial charge in [-0.15, -0.1) is 0 Å². The van der Waals surface area contributed by atoms with Crippen molar-refractivity contribution in [1.82, 2.24) is 0 Å². The third-order valence-corrected chi connectivity index (χ3v) is 8.73. The minimum absolute atomic E-state index is 0.317. The number of hydrogen-bond acceptors (Lipinski definition) is 6. The lowest BCUT2D eigenvalue weighted by Crippen LogP contribution is -2.54. The van der Waals surface area contributed by atoms with E-state index in [0.717, 1.165) is 57.8 Å². The van der Waals surface area contributed by atoms with Crippen LogP contribution >= 0.6 is 7.37 Å². The van der Waals surface area contributed by atoms with Crippen LogP contribution in [0.5, 0.6) is 0 Å². The van der Waals surface area contributed by atoms with Crippen LogP contribution in [-0.2, 0) is 23.3 Å². The zero-order chi connectivity index (χ0) is 23.7. The molecule has 0 aliphatic carbocycles. The Kier molecular flexibility index (Phi) is 17.3. The van der Waals surface area contributed by atoms with Crippen LogP contribution in [0.15, 0.2) is 0 Å². The number of aliphatic hydroxyl groups is 1. The van der Waals surface area contributed by atoms with Crippen LogP contribution in [0.2, 0.25) is 0 Å². The molecule has 192 valence electrons. The smallest absolute Gasteiger partial charge is 0.233 e. The van der Waals surface area contributed by atoms with Crippen LogP contribution in [0.3, 0.4) is 0 Å². The van der Waals surface area contributed by atoms with E-state index in [-0.39, 0.29) is 0 Å². The van der Waals surface area contributed by atoms with Crippen LogP contribution in [0.25, 0.3) is 0 Å². The SMILES string of the molecule is CCCCCCCCP1(=O)O[C@H](COCCCC)[C@@H](OCCCC)[C@H](OCCCC)C1O. The molecule has 2 unspecified atom stereocenters. The van der Waals surface area contributed by atoms with Crippen LogP contribution in [0, 0.1) is 0 Å². The topological polar surface area (TPSA) is 74.2 Å². The minimum atomic E-state index is -3.28. The number of unbranched alkanes of at least 4 members (excludes halogenated alkanes) is 8. The molecule has 1 N–H and O–H groups in total. The number of aliphatic hydroxyl groups excluding tert-OH is 1. The first kappa shape index (κ1) is 30.1. The largest absolute Gasteiger partial charge is 0.380 e. The van der Waals surface area contributed by atoms with E-state index in [2.05, 4.69) is 27.7 Å². The monoisotopic (exact) mass is 478 g/mol. The molecule has 0 bridgehead atoms. The summed E-state index contributed by atoms with van der Waals surface area (Å²) < 4.78 is 38.1. The first-order chi connectivity index (χ1) is 15.5. The van der Waals surface area contributed by atoms with Crippen molar-refractivity contribution in [3.8, 4) is 0 Å². The van der Waals surface area contributed by atoms with Gasteiger partial charge < -0.3 is 23.8 Å². The van der Waals surface area contributed by atoms with Crippen LogP contribution in [0.1, 0.15) is 105 Å². The Labute approximate surface area is 197 Å². The van der Waals surface area contributed by atoms with E-state index in [4.69, 9.17) is 18.7 Å². The highest BCUT2D eigenvalue weighted by Gasteiger charge is 2.52. The highest BCUT2D eigenvalue weighted by molar-refractivity contribution is 7.59. The van der Waals surface area contributed by atoms with Gasteiger partial charge in [0.2, 0.25) is 7.37 Å². The Morgan fingerprint density at radius 3 is 1.88 bits per heavy atom. The Balaban J connectivity index is 2.89. The molecule has 0 spiro atoms. The summed E-state index contributed by atoms with van der Waals surface area (Å²) in [5, 5.41) is 11.1. The molecule has 0 aromatic rings. The quantitative estimate of drug-likeness (QED) is 0.158. The fraction of sp³-hybridized carbons (Fsp3) is 1.00. The van der Waals surface area contributed by atoms with Crippen molar-refractivity contribution in [3.05, 3.63) is 0 Å². The first-order valence-corrected chi connectivity index (χ1v) is 15.2. The fourth-order valence-corrected chi connectivity index (χ4v) is 6.44.